The van der Waals surface area contributed by atoms with Gasteiger partial charge in [0.2, 0.25) is 0 Å². The molecule has 1 heterocycles. The molecule has 0 spiro atoms. The zero-order chi connectivity index (χ0) is 9.97. The molecule has 14 heavy (non-hydrogen) atoms. The van der Waals surface area contributed by atoms with Gasteiger partial charge in [0, 0.05) is 18.1 Å². The Morgan fingerprint density at radius 2 is 2.29 bits per heavy atom. The van der Waals surface area contributed by atoms with Crippen LogP contribution in [0, 0.1) is 0 Å². The maximum absolute atomic E-state index is 8.77. The van der Waals surface area contributed by atoms with Crippen molar-refractivity contribution in [1.82, 2.24) is 0 Å². The molecule has 2 rings (SSSR count). The molecule has 76 valence electrons. The van der Waals surface area contributed by atoms with Gasteiger partial charge in [0.15, 0.2) is 0 Å². The number of fused-ring (bicyclic) bond motifs is 1. The Bertz CT molecular complexity index is 336. The van der Waals surface area contributed by atoms with Gasteiger partial charge in [-0.2, -0.15) is 0 Å². The van der Waals surface area contributed by atoms with E-state index in [1.54, 1.807) is 0 Å². The number of aliphatic hydroxyl groups excluding tert-OH is 1. The van der Waals surface area contributed by atoms with Crippen LogP contribution in [0.25, 0.3) is 0 Å². The fourth-order valence-electron chi connectivity index (χ4n) is 1.80. The second kappa shape index (κ2) is 4.20. The second-order valence-corrected chi connectivity index (χ2v) is 3.92. The number of hydrogen-bond donors (Lipinski definition) is 1. The lowest BCUT2D eigenvalue weighted by molar-refractivity contribution is 0.287. The Labute approximate surface area is 88.5 Å². The zero-order valence-electron chi connectivity index (χ0n) is 7.92. The third-order valence-corrected chi connectivity index (χ3v) is 2.65. The summed E-state index contributed by atoms with van der Waals surface area (Å²) in [5.74, 6) is 0.989. The van der Waals surface area contributed by atoms with Crippen molar-refractivity contribution >= 4 is 11.6 Å². The van der Waals surface area contributed by atoms with E-state index in [2.05, 4.69) is 0 Å². The van der Waals surface area contributed by atoms with Crippen molar-refractivity contribution in [1.29, 1.82) is 0 Å². The number of rotatable bonds is 3. The SMILES string of the molecule is OCCCc1cc(Cl)cc2c1OCC2. The van der Waals surface area contributed by atoms with Gasteiger partial charge < -0.3 is 9.84 Å². The lowest BCUT2D eigenvalue weighted by atomic mass is 10.0. The van der Waals surface area contributed by atoms with Crippen molar-refractivity contribution < 1.29 is 9.84 Å². The fourth-order valence-corrected chi connectivity index (χ4v) is 2.06. The van der Waals surface area contributed by atoms with Gasteiger partial charge in [0.25, 0.3) is 0 Å². The molecule has 2 nitrogen and oxygen atoms in total. The maximum atomic E-state index is 8.77. The predicted octanol–water partition coefficient (Wildman–Crippen LogP) is 2.20. The van der Waals surface area contributed by atoms with Crippen LogP contribution in [0.2, 0.25) is 5.02 Å². The first-order valence-corrected chi connectivity index (χ1v) is 5.24. The molecular weight excluding hydrogens is 200 g/mol. The Kier molecular flexibility index (Phi) is 2.94. The standard InChI is InChI=1S/C11H13ClO2/c12-10-6-8(2-1-4-13)11-9(7-10)3-5-14-11/h6-7,13H,1-5H2. The minimum absolute atomic E-state index is 0.210. The summed E-state index contributed by atoms with van der Waals surface area (Å²) < 4.78 is 5.54. The Morgan fingerprint density at radius 3 is 3.07 bits per heavy atom. The van der Waals surface area contributed by atoms with Crippen molar-refractivity contribution in [3.8, 4) is 5.75 Å². The van der Waals surface area contributed by atoms with Crippen LogP contribution in [-0.2, 0) is 12.8 Å². The normalized spacial score (nSPS) is 13.9. The highest BCUT2D eigenvalue weighted by atomic mass is 35.5. The van der Waals surface area contributed by atoms with Crippen molar-refractivity contribution in [2.75, 3.05) is 13.2 Å². The minimum Gasteiger partial charge on any atom is -0.493 e. The fraction of sp³-hybridized carbons (Fsp3) is 0.455. The molecule has 0 aliphatic carbocycles. The monoisotopic (exact) mass is 212 g/mol. The number of aliphatic hydroxyl groups is 1. The average Bonchev–Trinajstić information content (AvgIpc) is 2.61. The molecule has 0 radical (unpaired) electrons. The summed E-state index contributed by atoms with van der Waals surface area (Å²) in [6, 6.07) is 3.90. The van der Waals surface area contributed by atoms with E-state index in [-0.39, 0.29) is 6.61 Å². The summed E-state index contributed by atoms with van der Waals surface area (Å²) in [5.41, 5.74) is 2.32. The molecule has 0 saturated carbocycles. The van der Waals surface area contributed by atoms with Crippen LogP contribution in [0.1, 0.15) is 17.5 Å². The maximum Gasteiger partial charge on any atom is 0.125 e. The van der Waals surface area contributed by atoms with E-state index in [4.69, 9.17) is 21.4 Å². The summed E-state index contributed by atoms with van der Waals surface area (Å²) in [5, 5.41) is 9.54. The van der Waals surface area contributed by atoms with Crippen molar-refractivity contribution in [3.63, 3.8) is 0 Å². The van der Waals surface area contributed by atoms with Gasteiger partial charge in [-0.25, -0.2) is 0 Å². The largest absolute Gasteiger partial charge is 0.493 e. The molecule has 0 bridgehead atoms. The second-order valence-electron chi connectivity index (χ2n) is 3.48. The van der Waals surface area contributed by atoms with Gasteiger partial charge in [0.1, 0.15) is 5.75 Å². The van der Waals surface area contributed by atoms with E-state index < -0.39 is 0 Å². The van der Waals surface area contributed by atoms with Crippen LogP contribution in [0.5, 0.6) is 5.75 Å². The molecule has 1 N–H and O–H groups in total. The third kappa shape index (κ3) is 1.86. The third-order valence-electron chi connectivity index (χ3n) is 2.43. The summed E-state index contributed by atoms with van der Waals surface area (Å²) in [7, 11) is 0. The number of benzene rings is 1. The van der Waals surface area contributed by atoms with E-state index in [0.717, 1.165) is 42.2 Å². The van der Waals surface area contributed by atoms with Gasteiger partial charge in [-0.3, -0.25) is 0 Å². The molecule has 1 aromatic carbocycles. The van der Waals surface area contributed by atoms with Gasteiger partial charge >= 0.3 is 0 Å². The van der Waals surface area contributed by atoms with E-state index >= 15 is 0 Å². The van der Waals surface area contributed by atoms with Gasteiger partial charge in [0.05, 0.1) is 6.61 Å². The topological polar surface area (TPSA) is 29.5 Å². The first kappa shape index (κ1) is 9.81. The zero-order valence-corrected chi connectivity index (χ0v) is 8.68. The van der Waals surface area contributed by atoms with Crippen LogP contribution < -0.4 is 4.74 Å². The quantitative estimate of drug-likeness (QED) is 0.833. The first-order valence-electron chi connectivity index (χ1n) is 4.86. The lowest BCUT2D eigenvalue weighted by Gasteiger charge is -2.07. The molecule has 0 atom stereocenters. The molecule has 3 heteroatoms. The predicted molar refractivity (Wildman–Crippen MR) is 56.1 cm³/mol. The van der Waals surface area contributed by atoms with Gasteiger partial charge in [-0.1, -0.05) is 11.6 Å². The van der Waals surface area contributed by atoms with Crippen molar-refractivity contribution in [2.45, 2.75) is 19.3 Å². The molecule has 0 saturated heterocycles. The van der Waals surface area contributed by atoms with Gasteiger partial charge in [-0.15, -0.1) is 0 Å². The van der Waals surface area contributed by atoms with E-state index in [1.807, 2.05) is 12.1 Å². The van der Waals surface area contributed by atoms with Crippen LogP contribution >= 0.6 is 11.6 Å². The van der Waals surface area contributed by atoms with E-state index in [9.17, 15) is 0 Å². The lowest BCUT2D eigenvalue weighted by Crippen LogP contribution is -1.94. The minimum atomic E-state index is 0.210. The summed E-state index contributed by atoms with van der Waals surface area (Å²) >= 11 is 5.99. The first-order chi connectivity index (χ1) is 6.81. The molecule has 1 aliphatic rings. The Hall–Kier alpha value is -0.730. The highest BCUT2D eigenvalue weighted by Crippen LogP contribution is 2.33. The van der Waals surface area contributed by atoms with Crippen molar-refractivity contribution in [2.24, 2.45) is 0 Å². The summed E-state index contributed by atoms with van der Waals surface area (Å²) in [6.07, 6.45) is 2.54. The van der Waals surface area contributed by atoms with Crippen molar-refractivity contribution in [3.05, 3.63) is 28.3 Å². The number of hydrogen-bond acceptors (Lipinski definition) is 2. The highest BCUT2D eigenvalue weighted by molar-refractivity contribution is 6.30. The smallest absolute Gasteiger partial charge is 0.125 e. The van der Waals surface area contributed by atoms with Crippen LogP contribution in [-0.4, -0.2) is 18.3 Å². The van der Waals surface area contributed by atoms with Crippen LogP contribution in [0.15, 0.2) is 12.1 Å². The number of ether oxygens (including phenoxy) is 1. The highest BCUT2D eigenvalue weighted by Gasteiger charge is 2.16. The van der Waals surface area contributed by atoms with E-state index in [1.165, 1.54) is 5.56 Å². The molecule has 0 amide bonds. The molecule has 0 unspecified atom stereocenters. The number of halogens is 1. The molecular formula is C11H13ClO2. The average molecular weight is 213 g/mol. The van der Waals surface area contributed by atoms with Gasteiger partial charge in [-0.05, 0) is 36.1 Å². The molecule has 0 fully saturated rings. The van der Waals surface area contributed by atoms with E-state index in [0.29, 0.717) is 0 Å². The molecule has 1 aromatic rings. The molecule has 0 aromatic heterocycles. The Morgan fingerprint density at radius 1 is 1.43 bits per heavy atom. The Balaban J connectivity index is 2.29. The van der Waals surface area contributed by atoms with Crippen LogP contribution in [0.3, 0.4) is 0 Å². The summed E-state index contributed by atoms with van der Waals surface area (Å²) in [6.45, 7) is 0.961. The van der Waals surface area contributed by atoms with Crippen LogP contribution in [0.4, 0.5) is 0 Å². The number of aryl methyl sites for hydroxylation is 1. The molecule has 1 aliphatic heterocycles. The summed E-state index contributed by atoms with van der Waals surface area (Å²) in [4.78, 5) is 0.